The van der Waals surface area contributed by atoms with Crippen molar-refractivity contribution >= 4 is 5.91 Å². The third-order valence-corrected chi connectivity index (χ3v) is 3.91. The van der Waals surface area contributed by atoms with E-state index in [1.807, 2.05) is 0 Å². The lowest BCUT2D eigenvalue weighted by Gasteiger charge is -2.36. The third-order valence-electron chi connectivity index (χ3n) is 3.91. The second-order valence-corrected chi connectivity index (χ2v) is 5.21. The number of aliphatic hydroxyl groups excluding tert-OH is 1. The number of piperidine rings is 1. The first-order valence-corrected chi connectivity index (χ1v) is 6.54. The highest BCUT2D eigenvalue weighted by molar-refractivity contribution is 5.72. The van der Waals surface area contributed by atoms with Crippen LogP contribution in [-0.4, -0.2) is 60.8 Å². The van der Waals surface area contributed by atoms with Crippen molar-refractivity contribution in [1.29, 1.82) is 0 Å². The molecule has 0 aromatic rings. The molecule has 5 heteroatoms. The van der Waals surface area contributed by atoms with Crippen molar-refractivity contribution in [3.8, 4) is 0 Å². The Morgan fingerprint density at radius 2 is 2.12 bits per heavy atom. The number of hydrogen-bond acceptors (Lipinski definition) is 4. The van der Waals surface area contributed by atoms with E-state index in [0.29, 0.717) is 5.92 Å². The number of likely N-dealkylation sites (tertiary alicyclic amines) is 1. The number of nitrogens with one attached hydrogen (secondary N) is 2. The zero-order chi connectivity index (χ0) is 12.3. The van der Waals surface area contributed by atoms with Crippen LogP contribution in [0.1, 0.15) is 19.8 Å². The van der Waals surface area contributed by atoms with Gasteiger partial charge in [0.15, 0.2) is 0 Å². The van der Waals surface area contributed by atoms with E-state index in [1.54, 1.807) is 6.92 Å². The van der Waals surface area contributed by atoms with Crippen LogP contribution in [0, 0.1) is 5.92 Å². The zero-order valence-electron chi connectivity index (χ0n) is 10.5. The Morgan fingerprint density at radius 3 is 2.65 bits per heavy atom. The van der Waals surface area contributed by atoms with Crippen molar-refractivity contribution in [3.63, 3.8) is 0 Å². The van der Waals surface area contributed by atoms with Gasteiger partial charge in [0.1, 0.15) is 0 Å². The fourth-order valence-corrected chi connectivity index (χ4v) is 2.80. The lowest BCUT2D eigenvalue weighted by Crippen LogP contribution is -2.48. The maximum atomic E-state index is 10.8. The molecular formula is C12H23N3O2. The number of hydrogen-bond donors (Lipinski definition) is 3. The summed E-state index contributed by atoms with van der Waals surface area (Å²) in [6, 6.07) is 0.289. The first kappa shape index (κ1) is 12.8. The molecule has 0 radical (unpaired) electrons. The molecule has 0 aromatic heterocycles. The largest absolute Gasteiger partial charge is 0.390 e. The van der Waals surface area contributed by atoms with Crippen molar-refractivity contribution in [2.75, 3.05) is 32.7 Å². The monoisotopic (exact) mass is 241 g/mol. The molecule has 5 nitrogen and oxygen atoms in total. The Kier molecular flexibility index (Phi) is 4.36. The van der Waals surface area contributed by atoms with Crippen LogP contribution in [0.25, 0.3) is 0 Å². The van der Waals surface area contributed by atoms with Crippen molar-refractivity contribution in [2.24, 2.45) is 5.92 Å². The lowest BCUT2D eigenvalue weighted by molar-refractivity contribution is -0.119. The van der Waals surface area contributed by atoms with Crippen LogP contribution in [-0.2, 0) is 4.79 Å². The van der Waals surface area contributed by atoms with Gasteiger partial charge in [0.05, 0.1) is 6.10 Å². The van der Waals surface area contributed by atoms with Gasteiger partial charge in [0.2, 0.25) is 5.91 Å². The van der Waals surface area contributed by atoms with Gasteiger partial charge >= 0.3 is 0 Å². The second kappa shape index (κ2) is 5.80. The van der Waals surface area contributed by atoms with E-state index in [0.717, 1.165) is 45.6 Å². The maximum absolute atomic E-state index is 10.8. The highest BCUT2D eigenvalue weighted by atomic mass is 16.3. The summed E-state index contributed by atoms with van der Waals surface area (Å²) in [5.41, 5.74) is 0. The summed E-state index contributed by atoms with van der Waals surface area (Å²) in [5.74, 6) is 0.657. The summed E-state index contributed by atoms with van der Waals surface area (Å²) >= 11 is 0. The molecule has 0 spiro atoms. The highest BCUT2D eigenvalue weighted by Gasteiger charge is 2.32. The predicted molar refractivity (Wildman–Crippen MR) is 65.6 cm³/mol. The minimum Gasteiger partial charge on any atom is -0.390 e. The molecule has 0 bridgehead atoms. The fraction of sp³-hybridized carbons (Fsp3) is 0.917. The Morgan fingerprint density at radius 1 is 1.41 bits per heavy atom. The molecule has 17 heavy (non-hydrogen) atoms. The number of aliphatic hydroxyl groups is 1. The van der Waals surface area contributed by atoms with Crippen molar-refractivity contribution in [2.45, 2.75) is 31.9 Å². The maximum Gasteiger partial charge on any atom is 0.216 e. The average molecular weight is 241 g/mol. The molecule has 0 saturated carbocycles. The molecule has 2 rings (SSSR count). The first-order chi connectivity index (χ1) is 8.16. The van der Waals surface area contributed by atoms with Crippen LogP contribution in [0.2, 0.25) is 0 Å². The standard InChI is InChI=1S/C12H23N3O2/c1-9(16)14-6-10-2-4-15(5-3-10)11-7-13-8-12(11)17/h10-13,17H,2-8H2,1H3,(H,14,16). The van der Waals surface area contributed by atoms with Gasteiger partial charge in [-0.3, -0.25) is 9.69 Å². The van der Waals surface area contributed by atoms with Gasteiger partial charge in [-0.25, -0.2) is 0 Å². The van der Waals surface area contributed by atoms with E-state index in [9.17, 15) is 9.90 Å². The van der Waals surface area contributed by atoms with Crippen molar-refractivity contribution in [1.82, 2.24) is 15.5 Å². The second-order valence-electron chi connectivity index (χ2n) is 5.21. The molecule has 2 saturated heterocycles. The van der Waals surface area contributed by atoms with E-state index < -0.39 is 0 Å². The number of β-amino-alcohol motifs (C(OH)–C–C–N with tert-alkyl or cyclic N) is 1. The van der Waals surface area contributed by atoms with Crippen LogP contribution in [0.3, 0.4) is 0 Å². The number of rotatable bonds is 3. The number of carbonyl (C=O) groups excluding carboxylic acids is 1. The minimum absolute atomic E-state index is 0.0582. The minimum atomic E-state index is -0.220. The van der Waals surface area contributed by atoms with Gasteiger partial charge in [-0.05, 0) is 31.8 Å². The Bertz CT molecular complexity index is 264. The molecule has 98 valence electrons. The van der Waals surface area contributed by atoms with Crippen LogP contribution < -0.4 is 10.6 Å². The topological polar surface area (TPSA) is 64.6 Å². The van der Waals surface area contributed by atoms with Gasteiger partial charge in [0.25, 0.3) is 0 Å². The lowest BCUT2D eigenvalue weighted by atomic mass is 9.95. The molecule has 1 amide bonds. The van der Waals surface area contributed by atoms with Crippen molar-refractivity contribution in [3.05, 3.63) is 0 Å². The first-order valence-electron chi connectivity index (χ1n) is 6.54. The summed E-state index contributed by atoms with van der Waals surface area (Å²) < 4.78 is 0. The highest BCUT2D eigenvalue weighted by Crippen LogP contribution is 2.20. The van der Waals surface area contributed by atoms with E-state index in [1.165, 1.54) is 0 Å². The summed E-state index contributed by atoms with van der Waals surface area (Å²) in [6.45, 7) is 6.06. The molecular weight excluding hydrogens is 218 g/mol. The van der Waals surface area contributed by atoms with E-state index in [4.69, 9.17) is 0 Å². The normalized spacial score (nSPS) is 31.6. The average Bonchev–Trinajstić information content (AvgIpc) is 2.73. The molecule has 0 aliphatic carbocycles. The summed E-state index contributed by atoms with van der Waals surface area (Å²) in [6.07, 6.45) is 2.01. The Labute approximate surface area is 103 Å². The van der Waals surface area contributed by atoms with Crippen LogP contribution in [0.5, 0.6) is 0 Å². The summed E-state index contributed by atoms with van der Waals surface area (Å²) in [7, 11) is 0. The van der Waals surface area contributed by atoms with Crippen LogP contribution in [0.15, 0.2) is 0 Å². The summed E-state index contributed by atoms with van der Waals surface area (Å²) in [5, 5.41) is 15.9. The smallest absolute Gasteiger partial charge is 0.216 e. The van der Waals surface area contributed by atoms with Gasteiger partial charge in [-0.2, -0.15) is 0 Å². The quantitative estimate of drug-likeness (QED) is 0.603. The van der Waals surface area contributed by atoms with Gasteiger partial charge in [0, 0.05) is 32.6 Å². The fourth-order valence-electron chi connectivity index (χ4n) is 2.80. The molecule has 3 N–H and O–H groups in total. The molecule has 2 unspecified atom stereocenters. The molecule has 0 aromatic carbocycles. The predicted octanol–water partition coefficient (Wildman–Crippen LogP) is -0.833. The molecule has 2 fully saturated rings. The zero-order valence-corrected chi connectivity index (χ0v) is 10.5. The van der Waals surface area contributed by atoms with Gasteiger partial charge in [-0.1, -0.05) is 0 Å². The van der Waals surface area contributed by atoms with E-state index in [2.05, 4.69) is 15.5 Å². The SMILES string of the molecule is CC(=O)NCC1CCN(C2CNCC2O)CC1. The number of amides is 1. The van der Waals surface area contributed by atoms with Crippen molar-refractivity contribution < 1.29 is 9.90 Å². The van der Waals surface area contributed by atoms with Crippen LogP contribution in [0.4, 0.5) is 0 Å². The number of carbonyl (C=O) groups is 1. The van der Waals surface area contributed by atoms with E-state index in [-0.39, 0.29) is 18.1 Å². The third kappa shape index (κ3) is 3.40. The molecule has 2 aliphatic heterocycles. The van der Waals surface area contributed by atoms with Gasteiger partial charge in [-0.15, -0.1) is 0 Å². The number of nitrogens with zero attached hydrogens (tertiary/aromatic N) is 1. The van der Waals surface area contributed by atoms with E-state index >= 15 is 0 Å². The van der Waals surface area contributed by atoms with Crippen LogP contribution >= 0.6 is 0 Å². The molecule has 2 aliphatic rings. The molecule has 2 atom stereocenters. The molecule has 2 heterocycles. The Balaban J connectivity index is 1.72. The Hall–Kier alpha value is -0.650. The van der Waals surface area contributed by atoms with Gasteiger partial charge < -0.3 is 15.7 Å². The summed E-state index contributed by atoms with van der Waals surface area (Å²) in [4.78, 5) is 13.2.